The van der Waals surface area contributed by atoms with Crippen LogP contribution in [-0.4, -0.2) is 48.3 Å². The number of imidazole rings is 1. The molecule has 10 heteroatoms. The van der Waals surface area contributed by atoms with Gasteiger partial charge in [0.1, 0.15) is 16.5 Å². The molecule has 0 saturated heterocycles. The molecule has 1 aliphatic heterocycles. The van der Waals surface area contributed by atoms with Crippen LogP contribution in [0, 0.1) is 0 Å². The Balaban J connectivity index is 1.45. The van der Waals surface area contributed by atoms with Crippen LogP contribution in [0.2, 0.25) is 0 Å². The Morgan fingerprint density at radius 1 is 1.00 bits per heavy atom. The molecule has 0 spiro atoms. The summed E-state index contributed by atoms with van der Waals surface area (Å²) in [6, 6.07) is 11.0. The molecule has 1 amide bonds. The van der Waals surface area contributed by atoms with Crippen molar-refractivity contribution >= 4 is 50.9 Å². The van der Waals surface area contributed by atoms with E-state index in [9.17, 15) is 9.59 Å². The fourth-order valence-electron chi connectivity index (χ4n) is 2.91. The average Bonchev–Trinajstić information content (AvgIpc) is 3.23. The minimum atomic E-state index is -0.163. The van der Waals surface area contributed by atoms with Gasteiger partial charge in [-0.1, -0.05) is 22.9 Å². The minimum Gasteiger partial charge on any atom is -0.337 e. The third kappa shape index (κ3) is 4.92. The van der Waals surface area contributed by atoms with Crippen LogP contribution < -0.4 is 16.4 Å². The average molecular weight is 465 g/mol. The van der Waals surface area contributed by atoms with Gasteiger partial charge >= 0.3 is 0 Å². The molecule has 0 fully saturated rings. The zero-order valence-corrected chi connectivity index (χ0v) is 19.1. The Hall–Kier alpha value is -3.37. The van der Waals surface area contributed by atoms with Crippen molar-refractivity contribution in [2.75, 3.05) is 12.8 Å². The molecule has 0 unspecified atom stereocenters. The normalized spacial score (nSPS) is 16.3. The highest BCUT2D eigenvalue weighted by Crippen LogP contribution is 2.30. The third-order valence-corrected chi connectivity index (χ3v) is 6.76. The van der Waals surface area contributed by atoms with Gasteiger partial charge in [-0.15, -0.1) is 0 Å². The summed E-state index contributed by atoms with van der Waals surface area (Å²) in [5, 5.41) is 1.09. The number of aliphatic imine (C=N–C) groups is 1. The first kappa shape index (κ1) is 21.8. The molecule has 3 aromatic heterocycles. The van der Waals surface area contributed by atoms with Crippen molar-refractivity contribution in [1.29, 1.82) is 0 Å². The van der Waals surface area contributed by atoms with Gasteiger partial charge in [-0.05, 0) is 53.3 Å². The Morgan fingerprint density at radius 3 is 2.34 bits per heavy atom. The van der Waals surface area contributed by atoms with E-state index in [0.717, 1.165) is 0 Å². The Morgan fingerprint density at radius 2 is 1.69 bits per heavy atom. The van der Waals surface area contributed by atoms with Crippen LogP contribution in [0.1, 0.15) is 11.4 Å². The van der Waals surface area contributed by atoms with Crippen LogP contribution in [0.4, 0.5) is 0 Å². The maximum absolute atomic E-state index is 12.5. The molecule has 0 bridgehead atoms. The lowest BCUT2D eigenvalue weighted by Crippen LogP contribution is -2.29. The number of carbonyl (C=O) groups excluding carboxylic acids is 1. The lowest BCUT2D eigenvalue weighted by molar-refractivity contribution is -0.121. The number of aromatic amines is 1. The standard InChI is InChI=1S/C22H20N6O2S2/c1-27-19(25-17(20(27)29)13-15-7-3-5-10-23-15)9-12-31-32-22-26-18(21(30)28(22)2)14-16-8-4-6-11-24-16/h3-11,13-14,25H,12H2,1-2H3/b17-13-,18-14-,19-9?. The number of aromatic nitrogens is 4. The summed E-state index contributed by atoms with van der Waals surface area (Å²) >= 11 is 0. The fourth-order valence-corrected chi connectivity index (χ4v) is 4.82. The van der Waals surface area contributed by atoms with Crippen LogP contribution in [0.5, 0.6) is 0 Å². The molecule has 0 atom stereocenters. The van der Waals surface area contributed by atoms with Gasteiger partial charge in [0.15, 0.2) is 5.17 Å². The van der Waals surface area contributed by atoms with Gasteiger partial charge in [-0.25, -0.2) is 4.99 Å². The molecule has 0 aromatic carbocycles. The molecule has 1 N–H and O–H groups in total. The topological polar surface area (TPSA) is 96.2 Å². The highest BCUT2D eigenvalue weighted by Gasteiger charge is 2.27. The second-order valence-corrected chi connectivity index (χ2v) is 9.11. The fraction of sp³-hybridized carbons (Fsp3) is 0.136. The van der Waals surface area contributed by atoms with Gasteiger partial charge in [0, 0.05) is 32.2 Å². The van der Waals surface area contributed by atoms with Gasteiger partial charge in [-0.3, -0.25) is 29.0 Å². The van der Waals surface area contributed by atoms with Crippen LogP contribution in [-0.2, 0) is 11.8 Å². The zero-order chi connectivity index (χ0) is 22.5. The molecule has 8 nitrogen and oxygen atoms in total. The highest BCUT2D eigenvalue weighted by molar-refractivity contribution is 8.82. The summed E-state index contributed by atoms with van der Waals surface area (Å²) < 4.78 is 1.57. The van der Waals surface area contributed by atoms with E-state index >= 15 is 0 Å². The van der Waals surface area contributed by atoms with E-state index in [1.807, 2.05) is 42.5 Å². The van der Waals surface area contributed by atoms with E-state index < -0.39 is 0 Å². The van der Waals surface area contributed by atoms with Crippen molar-refractivity contribution < 1.29 is 4.79 Å². The first-order valence-corrected chi connectivity index (χ1v) is 12.0. The van der Waals surface area contributed by atoms with Crippen LogP contribution in [0.25, 0.3) is 18.2 Å². The van der Waals surface area contributed by atoms with E-state index in [0.29, 0.717) is 38.8 Å². The molecule has 1 aliphatic rings. The van der Waals surface area contributed by atoms with Crippen molar-refractivity contribution in [3.05, 3.63) is 87.1 Å². The Kier molecular flexibility index (Phi) is 6.72. The Labute approximate surface area is 191 Å². The predicted molar refractivity (Wildman–Crippen MR) is 130 cm³/mol. The first-order chi connectivity index (χ1) is 15.5. The molecule has 0 aliphatic carbocycles. The number of nitrogens with one attached hydrogen (secondary N) is 1. The number of H-pyrrole nitrogens is 1. The number of amidine groups is 1. The number of hydrogen-bond acceptors (Lipinski definition) is 7. The SMILES string of the molecule is CN1C(=O)/C(=C/c2ccccn2)N=C1SSCC=c1[nH]/c(=C\c2ccccn2)c(=O)n1C. The van der Waals surface area contributed by atoms with Gasteiger partial charge in [0.05, 0.1) is 11.4 Å². The van der Waals surface area contributed by atoms with E-state index in [-0.39, 0.29) is 11.5 Å². The van der Waals surface area contributed by atoms with E-state index in [1.165, 1.54) is 26.5 Å². The quantitative estimate of drug-likeness (QED) is 0.348. The molecular weight excluding hydrogens is 444 g/mol. The van der Waals surface area contributed by atoms with E-state index in [2.05, 4.69) is 19.9 Å². The number of rotatable bonds is 5. The van der Waals surface area contributed by atoms with Crippen molar-refractivity contribution in [3.8, 4) is 0 Å². The summed E-state index contributed by atoms with van der Waals surface area (Å²) in [6.07, 6.45) is 8.69. The van der Waals surface area contributed by atoms with Crippen LogP contribution in [0.3, 0.4) is 0 Å². The van der Waals surface area contributed by atoms with E-state index in [1.54, 1.807) is 43.2 Å². The van der Waals surface area contributed by atoms with Gasteiger partial charge in [0.2, 0.25) is 0 Å². The highest BCUT2D eigenvalue weighted by atomic mass is 33.1. The monoisotopic (exact) mass is 464 g/mol. The summed E-state index contributed by atoms with van der Waals surface area (Å²) in [4.78, 5) is 42.4. The van der Waals surface area contributed by atoms with Gasteiger partial charge in [0.25, 0.3) is 11.5 Å². The first-order valence-electron chi connectivity index (χ1n) is 9.70. The summed E-state index contributed by atoms with van der Waals surface area (Å²) in [6.45, 7) is 0. The number of likely N-dealkylation sites (N-methyl/N-ethyl adjacent to an activating group) is 1. The van der Waals surface area contributed by atoms with Crippen molar-refractivity contribution in [1.82, 2.24) is 24.4 Å². The maximum atomic E-state index is 12.5. The molecule has 4 heterocycles. The second kappa shape index (κ2) is 9.84. The molecule has 0 radical (unpaired) electrons. The number of pyridine rings is 2. The molecule has 32 heavy (non-hydrogen) atoms. The predicted octanol–water partition coefficient (Wildman–Crippen LogP) is 1.36. The molecule has 3 aromatic rings. The maximum Gasteiger partial charge on any atom is 0.278 e. The lowest BCUT2D eigenvalue weighted by atomic mass is 10.3. The Bertz CT molecular complexity index is 1360. The van der Waals surface area contributed by atoms with Crippen LogP contribution in [0.15, 0.2) is 64.3 Å². The largest absolute Gasteiger partial charge is 0.337 e. The number of hydrogen-bond donors (Lipinski definition) is 1. The van der Waals surface area contributed by atoms with Crippen LogP contribution >= 0.6 is 21.6 Å². The second-order valence-electron chi connectivity index (χ2n) is 6.80. The van der Waals surface area contributed by atoms with Crippen molar-refractivity contribution in [2.45, 2.75) is 0 Å². The van der Waals surface area contributed by atoms with Crippen molar-refractivity contribution in [3.63, 3.8) is 0 Å². The van der Waals surface area contributed by atoms with Crippen molar-refractivity contribution in [2.24, 2.45) is 12.0 Å². The van der Waals surface area contributed by atoms with E-state index in [4.69, 9.17) is 0 Å². The number of amides is 1. The third-order valence-electron chi connectivity index (χ3n) is 4.62. The summed E-state index contributed by atoms with van der Waals surface area (Å²) in [5.74, 6) is 0.450. The molecule has 4 rings (SSSR count). The van der Waals surface area contributed by atoms with Gasteiger partial charge in [-0.2, -0.15) is 0 Å². The lowest BCUT2D eigenvalue weighted by Gasteiger charge is -2.09. The number of carbonyl (C=O) groups is 1. The minimum absolute atomic E-state index is 0.116. The molecular formula is C22H20N6O2S2. The number of nitrogens with zero attached hydrogens (tertiary/aromatic N) is 5. The smallest absolute Gasteiger partial charge is 0.278 e. The van der Waals surface area contributed by atoms with Gasteiger partial charge < -0.3 is 4.98 Å². The molecule has 0 saturated carbocycles. The molecule has 162 valence electrons. The summed E-state index contributed by atoms with van der Waals surface area (Å²) in [5.41, 5.74) is 2.35. The zero-order valence-electron chi connectivity index (χ0n) is 17.4. The summed E-state index contributed by atoms with van der Waals surface area (Å²) in [7, 11) is 6.36.